The minimum Gasteiger partial charge on any atom is -0.361 e. The number of pyridine rings is 1. The van der Waals surface area contributed by atoms with Gasteiger partial charge in [0.05, 0.1) is 16.5 Å². The molecule has 148 valence electrons. The Morgan fingerprint density at radius 1 is 1.30 bits per heavy atom. The second-order valence-corrected chi connectivity index (χ2v) is 10.3. The quantitative estimate of drug-likeness (QED) is 0.678. The monoisotopic (exact) mass is 412 g/mol. The maximum atomic E-state index is 13.7. The highest BCUT2D eigenvalue weighted by atomic mass is 32.2. The zero-order valence-corrected chi connectivity index (χ0v) is 17.1. The molecule has 0 aliphatic heterocycles. The van der Waals surface area contributed by atoms with E-state index in [-0.39, 0.29) is 6.04 Å². The molecular weight excluding hydrogens is 387 g/mol. The Bertz CT molecular complexity index is 862. The first-order valence-electron chi connectivity index (χ1n) is 9.16. The number of hydrogen-bond donors (Lipinski definition) is 2. The molecule has 2 aromatic rings. The lowest BCUT2D eigenvalue weighted by molar-refractivity contribution is 0.323. The number of thiazole rings is 1. The molecule has 9 heteroatoms. The Kier molecular flexibility index (Phi) is 6.44. The fourth-order valence-corrected chi connectivity index (χ4v) is 4.83. The van der Waals surface area contributed by atoms with Gasteiger partial charge >= 0.3 is 0 Å². The molecule has 1 aliphatic carbocycles. The van der Waals surface area contributed by atoms with Crippen molar-refractivity contribution in [2.24, 2.45) is 5.92 Å². The summed E-state index contributed by atoms with van der Waals surface area (Å²) in [5.74, 6) is -0.0381. The zero-order chi connectivity index (χ0) is 19.4. The number of nitrogens with zero attached hydrogens (tertiary/aromatic N) is 2. The molecule has 0 spiro atoms. The zero-order valence-electron chi connectivity index (χ0n) is 15.5. The van der Waals surface area contributed by atoms with Crippen molar-refractivity contribution in [3.63, 3.8) is 0 Å². The van der Waals surface area contributed by atoms with Gasteiger partial charge < -0.3 is 5.32 Å². The van der Waals surface area contributed by atoms with Crippen LogP contribution < -0.4 is 10.0 Å². The number of hydrogen-bond acceptors (Lipinski definition) is 6. The predicted molar refractivity (Wildman–Crippen MR) is 107 cm³/mol. The van der Waals surface area contributed by atoms with Gasteiger partial charge in [-0.05, 0) is 57.6 Å². The third kappa shape index (κ3) is 5.24. The Hall–Kier alpha value is -1.58. The highest BCUT2D eigenvalue weighted by Crippen LogP contribution is 2.28. The maximum absolute atomic E-state index is 13.7. The summed E-state index contributed by atoms with van der Waals surface area (Å²) in [6.45, 7) is 4.17. The van der Waals surface area contributed by atoms with Crippen molar-refractivity contribution in [1.29, 1.82) is 0 Å². The van der Waals surface area contributed by atoms with Gasteiger partial charge in [-0.2, -0.15) is 4.39 Å². The van der Waals surface area contributed by atoms with E-state index in [1.54, 1.807) is 26.0 Å². The number of anilines is 1. The fraction of sp³-hybridized carbons (Fsp3) is 0.556. The summed E-state index contributed by atoms with van der Waals surface area (Å²) in [5, 5.41) is 5.51. The van der Waals surface area contributed by atoms with Crippen LogP contribution >= 0.6 is 11.3 Å². The van der Waals surface area contributed by atoms with E-state index in [1.165, 1.54) is 17.5 Å². The van der Waals surface area contributed by atoms with Crippen LogP contribution in [0.5, 0.6) is 0 Å². The molecule has 0 radical (unpaired) electrons. The van der Waals surface area contributed by atoms with E-state index in [0.29, 0.717) is 17.2 Å². The summed E-state index contributed by atoms with van der Waals surface area (Å²) in [5.41, 5.74) is 0.986. The minimum absolute atomic E-state index is 0.0358. The second kappa shape index (κ2) is 8.62. The van der Waals surface area contributed by atoms with Crippen LogP contribution in [-0.2, 0) is 10.0 Å². The van der Waals surface area contributed by atoms with Crippen molar-refractivity contribution in [1.82, 2.24) is 14.7 Å². The number of halogens is 1. The van der Waals surface area contributed by atoms with Gasteiger partial charge in [0, 0.05) is 24.2 Å². The minimum atomic E-state index is -3.21. The molecule has 0 atom stereocenters. The fourth-order valence-electron chi connectivity index (χ4n) is 3.14. The van der Waals surface area contributed by atoms with Gasteiger partial charge in [0.15, 0.2) is 5.13 Å². The first-order chi connectivity index (χ1) is 12.8. The van der Waals surface area contributed by atoms with E-state index in [0.717, 1.165) is 37.4 Å². The summed E-state index contributed by atoms with van der Waals surface area (Å²) < 4.78 is 40.5. The molecule has 0 aromatic carbocycles. The largest absolute Gasteiger partial charge is 0.361 e. The van der Waals surface area contributed by atoms with Crippen LogP contribution in [0.1, 0.15) is 39.5 Å². The normalized spacial score (nSPS) is 20.7. The van der Waals surface area contributed by atoms with E-state index >= 15 is 0 Å². The number of nitrogens with one attached hydrogen (secondary N) is 2. The second-order valence-electron chi connectivity index (χ2n) is 7.19. The SMILES string of the molecule is CC(C)S(=O)(=O)NC1CCC(CNc2nc(-c3cccnc3F)cs2)CC1. The van der Waals surface area contributed by atoms with Gasteiger partial charge in [0.1, 0.15) is 0 Å². The lowest BCUT2D eigenvalue weighted by atomic mass is 9.86. The maximum Gasteiger partial charge on any atom is 0.222 e. The van der Waals surface area contributed by atoms with Crippen LogP contribution in [0, 0.1) is 11.9 Å². The van der Waals surface area contributed by atoms with Crippen LogP contribution in [0.2, 0.25) is 0 Å². The average molecular weight is 413 g/mol. The van der Waals surface area contributed by atoms with Gasteiger partial charge in [0.2, 0.25) is 16.0 Å². The molecule has 2 aromatic heterocycles. The molecule has 1 aliphatic rings. The van der Waals surface area contributed by atoms with E-state index in [2.05, 4.69) is 20.0 Å². The average Bonchev–Trinajstić information content (AvgIpc) is 3.10. The molecule has 6 nitrogen and oxygen atoms in total. The van der Waals surface area contributed by atoms with Crippen LogP contribution in [0.3, 0.4) is 0 Å². The van der Waals surface area contributed by atoms with Crippen molar-refractivity contribution < 1.29 is 12.8 Å². The number of aromatic nitrogens is 2. The van der Waals surface area contributed by atoms with Crippen LogP contribution in [0.25, 0.3) is 11.3 Å². The number of rotatable bonds is 7. The van der Waals surface area contributed by atoms with Crippen molar-refractivity contribution in [3.8, 4) is 11.3 Å². The standard InChI is InChI=1S/C18H25FN4O2S2/c1-12(2)27(24,25)23-14-7-5-13(6-8-14)10-21-18-22-16(11-26-18)15-4-3-9-20-17(15)19/h3-4,9,11-14,23H,5-8,10H2,1-2H3,(H,21,22). The topological polar surface area (TPSA) is 84.0 Å². The van der Waals surface area contributed by atoms with Gasteiger partial charge in [-0.3, -0.25) is 0 Å². The van der Waals surface area contributed by atoms with Crippen LogP contribution in [0.15, 0.2) is 23.7 Å². The third-order valence-electron chi connectivity index (χ3n) is 4.88. The highest BCUT2D eigenvalue weighted by Gasteiger charge is 2.26. The molecule has 3 rings (SSSR count). The van der Waals surface area contributed by atoms with E-state index in [4.69, 9.17) is 0 Å². The Morgan fingerprint density at radius 2 is 2.04 bits per heavy atom. The van der Waals surface area contributed by atoms with E-state index < -0.39 is 21.2 Å². The number of sulfonamides is 1. The van der Waals surface area contributed by atoms with E-state index in [9.17, 15) is 12.8 Å². The van der Waals surface area contributed by atoms with Gasteiger partial charge in [0.25, 0.3) is 0 Å². The van der Waals surface area contributed by atoms with Crippen molar-refractivity contribution in [2.75, 3.05) is 11.9 Å². The van der Waals surface area contributed by atoms with Crippen LogP contribution in [-0.4, -0.2) is 36.2 Å². The lowest BCUT2D eigenvalue weighted by Crippen LogP contribution is -2.41. The van der Waals surface area contributed by atoms with Crippen molar-refractivity contribution >= 4 is 26.5 Å². The van der Waals surface area contributed by atoms with E-state index in [1.807, 2.05) is 5.38 Å². The third-order valence-corrected chi connectivity index (χ3v) is 7.58. The van der Waals surface area contributed by atoms with Gasteiger partial charge in [-0.15, -0.1) is 11.3 Å². The molecule has 1 saturated carbocycles. The first-order valence-corrected chi connectivity index (χ1v) is 11.6. The summed E-state index contributed by atoms with van der Waals surface area (Å²) in [7, 11) is -3.21. The molecule has 0 saturated heterocycles. The molecule has 0 bridgehead atoms. The predicted octanol–water partition coefficient (Wildman–Crippen LogP) is 3.64. The molecule has 27 heavy (non-hydrogen) atoms. The molecule has 0 amide bonds. The molecular formula is C18H25FN4O2S2. The summed E-state index contributed by atoms with van der Waals surface area (Å²) in [4.78, 5) is 8.10. The van der Waals surface area contributed by atoms with Gasteiger partial charge in [-0.1, -0.05) is 0 Å². The summed E-state index contributed by atoms with van der Waals surface area (Å²) >= 11 is 1.44. The van der Waals surface area contributed by atoms with Crippen molar-refractivity contribution in [2.45, 2.75) is 50.8 Å². The summed E-state index contributed by atoms with van der Waals surface area (Å²) in [6, 6.07) is 3.39. The molecule has 2 heterocycles. The Morgan fingerprint density at radius 3 is 2.70 bits per heavy atom. The smallest absolute Gasteiger partial charge is 0.222 e. The Labute approximate surface area is 163 Å². The Balaban J connectivity index is 1.48. The first kappa shape index (κ1) is 20.2. The van der Waals surface area contributed by atoms with Crippen LogP contribution in [0.4, 0.5) is 9.52 Å². The molecule has 2 N–H and O–H groups in total. The highest BCUT2D eigenvalue weighted by molar-refractivity contribution is 7.90. The summed E-state index contributed by atoms with van der Waals surface area (Å²) in [6.07, 6.45) is 5.05. The lowest BCUT2D eigenvalue weighted by Gasteiger charge is -2.29. The van der Waals surface area contributed by atoms with Crippen molar-refractivity contribution in [3.05, 3.63) is 29.7 Å². The molecule has 0 unspecified atom stereocenters. The molecule has 1 fully saturated rings. The van der Waals surface area contributed by atoms with Gasteiger partial charge in [-0.25, -0.2) is 23.1 Å².